The molecule has 0 atom stereocenters. The first kappa shape index (κ1) is 30.5. The van der Waals surface area contributed by atoms with Crippen molar-refractivity contribution in [2.75, 3.05) is 26.3 Å². The van der Waals surface area contributed by atoms with Gasteiger partial charge in [0.2, 0.25) is 0 Å². The van der Waals surface area contributed by atoms with E-state index in [9.17, 15) is 18.0 Å². The number of aliphatic imine (C=N–C) groups is 1. The lowest BCUT2D eigenvalue weighted by Crippen LogP contribution is -2.46. The Labute approximate surface area is 241 Å². The maximum Gasteiger partial charge on any atom is 0.390 e. The van der Waals surface area contributed by atoms with Gasteiger partial charge in [0.15, 0.2) is 5.79 Å². The maximum absolute atomic E-state index is 13.1. The van der Waals surface area contributed by atoms with E-state index in [1.54, 1.807) is 30.3 Å². The molecule has 2 aromatic rings. The SMILES string of the molecule is Cc1ccc(C(=N)N(CCC(F)(F)F)C(=O)NC/C(N)=C2\CCC3(CC2=NCc2ccccc2Cl)OCCO3)cc1. The lowest BCUT2D eigenvalue weighted by atomic mass is 9.86. The number of benzene rings is 2. The zero-order valence-electron chi connectivity index (χ0n) is 22.7. The van der Waals surface area contributed by atoms with E-state index >= 15 is 0 Å². The van der Waals surface area contributed by atoms with E-state index < -0.39 is 31.0 Å². The number of nitrogens with one attached hydrogen (secondary N) is 2. The van der Waals surface area contributed by atoms with Crippen LogP contribution in [0.3, 0.4) is 0 Å². The summed E-state index contributed by atoms with van der Waals surface area (Å²) in [5, 5.41) is 11.6. The summed E-state index contributed by atoms with van der Waals surface area (Å²) in [5.74, 6) is -1.13. The smallest absolute Gasteiger partial charge is 0.390 e. The van der Waals surface area contributed by atoms with Gasteiger partial charge < -0.3 is 20.5 Å². The number of urea groups is 1. The molecule has 1 aliphatic heterocycles. The number of carbonyl (C=O) groups excluding carboxylic acids is 1. The Morgan fingerprint density at radius 2 is 1.85 bits per heavy atom. The number of hydrogen-bond donors (Lipinski definition) is 3. The molecule has 4 N–H and O–H groups in total. The van der Waals surface area contributed by atoms with Crippen molar-refractivity contribution < 1.29 is 27.4 Å². The molecule has 41 heavy (non-hydrogen) atoms. The highest BCUT2D eigenvalue weighted by Gasteiger charge is 2.42. The first-order chi connectivity index (χ1) is 19.5. The summed E-state index contributed by atoms with van der Waals surface area (Å²) < 4.78 is 50.9. The largest absolute Gasteiger partial charge is 0.400 e. The van der Waals surface area contributed by atoms with Gasteiger partial charge in [-0.2, -0.15) is 13.2 Å². The molecule has 1 heterocycles. The number of allylic oxidation sites excluding steroid dienone is 1. The highest BCUT2D eigenvalue weighted by Crippen LogP contribution is 2.37. The zero-order chi connectivity index (χ0) is 29.6. The molecule has 12 heteroatoms. The van der Waals surface area contributed by atoms with Crippen LogP contribution in [0.25, 0.3) is 0 Å². The summed E-state index contributed by atoms with van der Waals surface area (Å²) in [7, 11) is 0. The summed E-state index contributed by atoms with van der Waals surface area (Å²) in [5.41, 5.74) is 10.2. The maximum atomic E-state index is 13.1. The van der Waals surface area contributed by atoms with Crippen LogP contribution in [0.2, 0.25) is 5.02 Å². The van der Waals surface area contributed by atoms with E-state index in [1.807, 2.05) is 25.1 Å². The van der Waals surface area contributed by atoms with Crippen molar-refractivity contribution in [3.8, 4) is 0 Å². The molecule has 2 aliphatic rings. The second-order valence-corrected chi connectivity index (χ2v) is 10.4. The van der Waals surface area contributed by atoms with E-state index in [4.69, 9.17) is 37.2 Å². The molecule has 220 valence electrons. The predicted octanol–water partition coefficient (Wildman–Crippen LogP) is 5.72. The normalized spacial score (nSPS) is 18.9. The van der Waals surface area contributed by atoms with Crippen molar-refractivity contribution in [1.82, 2.24) is 10.2 Å². The Morgan fingerprint density at radius 1 is 1.17 bits per heavy atom. The standard InChI is InChI=1S/C29H33ClF3N5O3/c1-19-6-8-20(9-7-19)26(35)38(13-12-29(31,32)33)27(39)37-18-24(34)22-10-11-28(40-14-15-41-28)16-25(22)36-17-21-4-2-3-5-23(21)30/h2-9,35H,10-18,34H2,1H3,(H,37,39)/b24-22-,35-26?,36-25?. The van der Waals surface area contributed by atoms with Gasteiger partial charge in [0, 0.05) is 41.4 Å². The number of nitrogens with zero attached hydrogens (tertiary/aromatic N) is 2. The fraction of sp³-hybridized carbons (Fsp3) is 0.414. The molecule has 0 aromatic heterocycles. The van der Waals surface area contributed by atoms with Gasteiger partial charge in [-0.15, -0.1) is 0 Å². The second-order valence-electron chi connectivity index (χ2n) is 10.0. The van der Waals surface area contributed by atoms with Crippen molar-refractivity contribution in [1.29, 1.82) is 5.41 Å². The minimum atomic E-state index is -4.50. The van der Waals surface area contributed by atoms with Gasteiger partial charge in [-0.1, -0.05) is 59.6 Å². The van der Waals surface area contributed by atoms with E-state index in [1.165, 1.54) is 0 Å². The Morgan fingerprint density at radius 3 is 2.51 bits per heavy atom. The molecular weight excluding hydrogens is 559 g/mol. The highest BCUT2D eigenvalue weighted by atomic mass is 35.5. The number of alkyl halides is 3. The lowest BCUT2D eigenvalue weighted by molar-refractivity contribution is -0.157. The molecule has 8 nitrogen and oxygen atoms in total. The van der Waals surface area contributed by atoms with Crippen molar-refractivity contribution in [3.05, 3.63) is 81.5 Å². The second kappa shape index (κ2) is 13.1. The number of amidine groups is 1. The highest BCUT2D eigenvalue weighted by molar-refractivity contribution is 6.31. The van der Waals surface area contributed by atoms with Crippen molar-refractivity contribution >= 4 is 29.2 Å². The van der Waals surface area contributed by atoms with E-state index in [-0.39, 0.29) is 12.4 Å². The lowest BCUT2D eigenvalue weighted by Gasteiger charge is -2.34. The van der Waals surface area contributed by atoms with Crippen LogP contribution < -0.4 is 11.1 Å². The minimum absolute atomic E-state index is 0.141. The first-order valence-electron chi connectivity index (χ1n) is 13.3. The molecular formula is C29H33ClF3N5O3. The number of nitrogens with two attached hydrogens (primary N) is 1. The van der Waals surface area contributed by atoms with Crippen LogP contribution in [0, 0.1) is 12.3 Å². The van der Waals surface area contributed by atoms with Crippen LogP contribution in [-0.2, 0) is 16.0 Å². The van der Waals surface area contributed by atoms with Gasteiger partial charge in [0.1, 0.15) is 5.84 Å². The van der Waals surface area contributed by atoms with Gasteiger partial charge in [-0.05, 0) is 30.5 Å². The van der Waals surface area contributed by atoms with Gasteiger partial charge in [-0.25, -0.2) is 4.79 Å². The van der Waals surface area contributed by atoms with Gasteiger partial charge in [0.25, 0.3) is 0 Å². The van der Waals surface area contributed by atoms with Crippen LogP contribution in [0.5, 0.6) is 0 Å². The number of amides is 2. The molecule has 2 amide bonds. The van der Waals surface area contributed by atoms with Crippen LogP contribution in [0.4, 0.5) is 18.0 Å². The van der Waals surface area contributed by atoms with Crippen LogP contribution in [0.1, 0.15) is 42.4 Å². The molecule has 0 bridgehead atoms. The van der Waals surface area contributed by atoms with Gasteiger partial charge in [-0.3, -0.25) is 15.3 Å². The van der Waals surface area contributed by atoms with Gasteiger partial charge in [0.05, 0.1) is 32.7 Å². The average Bonchev–Trinajstić information content (AvgIpc) is 3.38. The molecule has 1 aliphatic carbocycles. The molecule has 4 rings (SSSR count). The number of rotatable bonds is 7. The number of hydrogen-bond acceptors (Lipinski definition) is 6. The number of ether oxygens (including phenoxy) is 2. The Hall–Kier alpha value is -3.41. The fourth-order valence-corrected chi connectivity index (χ4v) is 4.95. The third-order valence-electron chi connectivity index (χ3n) is 7.03. The first-order valence-corrected chi connectivity index (χ1v) is 13.6. The van der Waals surface area contributed by atoms with E-state index in [2.05, 4.69) is 5.32 Å². The molecule has 1 saturated carbocycles. The third-order valence-corrected chi connectivity index (χ3v) is 7.40. The van der Waals surface area contributed by atoms with E-state index in [0.29, 0.717) is 61.0 Å². The van der Waals surface area contributed by atoms with Crippen LogP contribution in [-0.4, -0.2) is 60.7 Å². The van der Waals surface area contributed by atoms with Gasteiger partial charge >= 0.3 is 12.2 Å². The number of aryl methyl sites for hydroxylation is 1. The summed E-state index contributed by atoms with van der Waals surface area (Å²) in [6.45, 7) is 2.25. The van der Waals surface area contributed by atoms with Crippen molar-refractivity contribution in [3.63, 3.8) is 0 Å². The molecule has 1 spiro atoms. The molecule has 0 radical (unpaired) electrons. The summed E-state index contributed by atoms with van der Waals surface area (Å²) in [6.07, 6.45) is -4.39. The number of halogens is 4. The topological polar surface area (TPSA) is 113 Å². The monoisotopic (exact) mass is 591 g/mol. The molecule has 1 saturated heterocycles. The average molecular weight is 592 g/mol. The quantitative estimate of drug-likeness (QED) is 0.282. The van der Waals surface area contributed by atoms with E-state index in [0.717, 1.165) is 21.6 Å². The number of carbonyl (C=O) groups is 1. The molecule has 2 aromatic carbocycles. The third kappa shape index (κ3) is 8.08. The Bertz CT molecular complexity index is 1320. The van der Waals surface area contributed by atoms with Crippen molar-refractivity contribution in [2.45, 2.75) is 51.1 Å². The molecule has 0 unspecified atom stereocenters. The van der Waals surface area contributed by atoms with Crippen LogP contribution in [0.15, 0.2) is 64.8 Å². The predicted molar refractivity (Wildman–Crippen MR) is 151 cm³/mol. The molecule has 2 fully saturated rings. The fourth-order valence-electron chi connectivity index (χ4n) is 4.75. The zero-order valence-corrected chi connectivity index (χ0v) is 23.4. The summed E-state index contributed by atoms with van der Waals surface area (Å²) in [4.78, 5) is 18.7. The Balaban J connectivity index is 1.53. The summed E-state index contributed by atoms with van der Waals surface area (Å²) >= 11 is 6.31. The van der Waals surface area contributed by atoms with Crippen molar-refractivity contribution in [2.24, 2.45) is 10.7 Å². The summed E-state index contributed by atoms with van der Waals surface area (Å²) in [6, 6.07) is 13.1. The Kier molecular flexibility index (Phi) is 9.72. The van der Waals surface area contributed by atoms with Crippen LogP contribution >= 0.6 is 11.6 Å². The minimum Gasteiger partial charge on any atom is -0.400 e.